The first kappa shape index (κ1) is 20.1. The number of allylic oxidation sites excluding steroid dienone is 1. The lowest BCUT2D eigenvalue weighted by Crippen LogP contribution is -2.41. The van der Waals surface area contributed by atoms with Gasteiger partial charge in [0.05, 0.1) is 11.7 Å². The van der Waals surface area contributed by atoms with Crippen LogP contribution >= 0.6 is 0 Å². The van der Waals surface area contributed by atoms with Gasteiger partial charge in [-0.25, -0.2) is 9.50 Å². The summed E-state index contributed by atoms with van der Waals surface area (Å²) in [5.74, 6) is 1.29. The van der Waals surface area contributed by atoms with Gasteiger partial charge in [0.1, 0.15) is 0 Å². The van der Waals surface area contributed by atoms with Crippen LogP contribution in [0.3, 0.4) is 0 Å². The Hall–Kier alpha value is -2.17. The standard InChI is InChI=1S/C24H34N4O/c1-12(2)17-9-10-27-23(25-17)21-16-11-18(22(21)26-27)28(15(7)8)24(29)20(14(5)6)19(16)13(3)4/h9-10,12-16,18H,11H2,1-8H3/t16-,18-/m1/s1. The molecule has 0 saturated carbocycles. The van der Waals surface area contributed by atoms with Crippen LogP contribution in [-0.4, -0.2) is 31.4 Å². The first-order valence-electron chi connectivity index (χ1n) is 11.1. The van der Waals surface area contributed by atoms with E-state index >= 15 is 0 Å². The van der Waals surface area contributed by atoms with Crippen molar-refractivity contribution in [2.45, 2.75) is 85.7 Å². The number of nitrogens with zero attached hydrogens (tertiary/aromatic N) is 4. The van der Waals surface area contributed by atoms with E-state index in [4.69, 9.17) is 10.1 Å². The summed E-state index contributed by atoms with van der Waals surface area (Å²) in [4.78, 5) is 20.8. The Balaban J connectivity index is 2.05. The van der Waals surface area contributed by atoms with Crippen LogP contribution in [-0.2, 0) is 4.79 Å². The quantitative estimate of drug-likeness (QED) is 0.712. The molecule has 2 aromatic rings. The molecule has 2 bridgehead atoms. The second kappa shape index (κ2) is 6.96. The molecule has 0 saturated heterocycles. The summed E-state index contributed by atoms with van der Waals surface area (Å²) >= 11 is 0. The van der Waals surface area contributed by atoms with Gasteiger partial charge in [-0.15, -0.1) is 0 Å². The molecule has 1 amide bonds. The number of rotatable bonds is 4. The molecule has 2 aliphatic rings. The van der Waals surface area contributed by atoms with E-state index in [1.54, 1.807) is 0 Å². The zero-order valence-corrected chi connectivity index (χ0v) is 19.0. The Morgan fingerprint density at radius 2 is 1.69 bits per heavy atom. The van der Waals surface area contributed by atoms with Gasteiger partial charge in [-0.2, -0.15) is 5.10 Å². The van der Waals surface area contributed by atoms with E-state index in [0.717, 1.165) is 29.0 Å². The minimum Gasteiger partial charge on any atom is -0.328 e. The molecule has 5 nitrogen and oxygen atoms in total. The highest BCUT2D eigenvalue weighted by Gasteiger charge is 2.48. The van der Waals surface area contributed by atoms with Gasteiger partial charge in [-0.05, 0) is 44.1 Å². The van der Waals surface area contributed by atoms with Gasteiger partial charge in [0.2, 0.25) is 0 Å². The predicted octanol–water partition coefficient (Wildman–Crippen LogP) is 5.24. The predicted molar refractivity (Wildman–Crippen MR) is 116 cm³/mol. The number of fused-ring (bicyclic) bond motifs is 7. The van der Waals surface area contributed by atoms with Crippen LogP contribution in [0, 0.1) is 11.8 Å². The number of aromatic nitrogens is 3. The van der Waals surface area contributed by atoms with Gasteiger partial charge in [0.15, 0.2) is 5.65 Å². The van der Waals surface area contributed by atoms with Crippen molar-refractivity contribution in [1.29, 1.82) is 0 Å². The maximum Gasteiger partial charge on any atom is 0.250 e. The minimum absolute atomic E-state index is 0.0247. The van der Waals surface area contributed by atoms with Gasteiger partial charge in [0, 0.05) is 35.0 Å². The molecule has 0 fully saturated rings. The van der Waals surface area contributed by atoms with Gasteiger partial charge in [-0.3, -0.25) is 4.79 Å². The lowest BCUT2D eigenvalue weighted by atomic mass is 9.80. The number of carbonyl (C=O) groups is 1. The molecule has 3 heterocycles. The van der Waals surface area contributed by atoms with Crippen molar-refractivity contribution in [3.05, 3.63) is 40.4 Å². The van der Waals surface area contributed by atoms with Crippen LogP contribution in [0.2, 0.25) is 0 Å². The highest BCUT2D eigenvalue weighted by atomic mass is 16.2. The summed E-state index contributed by atoms with van der Waals surface area (Å²) < 4.78 is 1.93. The van der Waals surface area contributed by atoms with E-state index in [2.05, 4.69) is 66.4 Å². The molecule has 0 aromatic carbocycles. The Kier molecular flexibility index (Phi) is 4.83. The van der Waals surface area contributed by atoms with E-state index in [0.29, 0.717) is 11.8 Å². The maximum absolute atomic E-state index is 13.7. The van der Waals surface area contributed by atoms with Crippen LogP contribution in [0.5, 0.6) is 0 Å². The molecule has 5 heteroatoms. The average molecular weight is 395 g/mol. The van der Waals surface area contributed by atoms with Crippen molar-refractivity contribution in [3.63, 3.8) is 0 Å². The zero-order valence-electron chi connectivity index (χ0n) is 19.0. The van der Waals surface area contributed by atoms with Crippen molar-refractivity contribution in [3.8, 4) is 0 Å². The number of hydrogen-bond donors (Lipinski definition) is 0. The van der Waals surface area contributed by atoms with Crippen LogP contribution < -0.4 is 0 Å². The van der Waals surface area contributed by atoms with Gasteiger partial charge in [0.25, 0.3) is 5.91 Å². The summed E-state index contributed by atoms with van der Waals surface area (Å²) in [7, 11) is 0. The zero-order chi connectivity index (χ0) is 21.2. The summed E-state index contributed by atoms with van der Waals surface area (Å²) in [6.45, 7) is 17.3. The Morgan fingerprint density at radius 3 is 2.24 bits per heavy atom. The van der Waals surface area contributed by atoms with Gasteiger partial charge < -0.3 is 4.90 Å². The molecule has 0 N–H and O–H groups in total. The number of amides is 1. The Morgan fingerprint density at radius 1 is 1.00 bits per heavy atom. The molecule has 1 aliphatic heterocycles. The Bertz CT molecular complexity index is 996. The molecule has 29 heavy (non-hydrogen) atoms. The van der Waals surface area contributed by atoms with Gasteiger partial charge >= 0.3 is 0 Å². The van der Waals surface area contributed by atoms with Crippen LogP contribution in [0.4, 0.5) is 0 Å². The van der Waals surface area contributed by atoms with E-state index in [9.17, 15) is 4.79 Å². The van der Waals surface area contributed by atoms with Crippen molar-refractivity contribution in [1.82, 2.24) is 19.5 Å². The Labute approximate surface area is 174 Å². The summed E-state index contributed by atoms with van der Waals surface area (Å²) in [6.07, 6.45) is 2.96. The highest BCUT2D eigenvalue weighted by molar-refractivity contribution is 5.96. The second-order valence-electron chi connectivity index (χ2n) is 9.86. The van der Waals surface area contributed by atoms with Crippen molar-refractivity contribution in [2.75, 3.05) is 0 Å². The smallest absolute Gasteiger partial charge is 0.250 e. The molecule has 2 aromatic heterocycles. The molecule has 1 aliphatic carbocycles. The first-order valence-corrected chi connectivity index (χ1v) is 11.1. The average Bonchev–Trinajstić information content (AvgIpc) is 3.11. The SMILES string of the molecule is CC(C)C1=C(C(C)C)[C@H]2C[C@H](c3nn4ccc(C(C)C)nc4c32)N(C(C)C)C1=O. The molecular weight excluding hydrogens is 360 g/mol. The third-order valence-electron chi connectivity index (χ3n) is 6.53. The molecule has 0 radical (unpaired) electrons. The third-order valence-corrected chi connectivity index (χ3v) is 6.53. The van der Waals surface area contributed by atoms with Crippen molar-refractivity contribution in [2.24, 2.45) is 11.8 Å². The van der Waals surface area contributed by atoms with E-state index in [-0.39, 0.29) is 29.8 Å². The van der Waals surface area contributed by atoms with Crippen LogP contribution in [0.1, 0.15) is 96.6 Å². The fourth-order valence-electron chi connectivity index (χ4n) is 5.34. The highest BCUT2D eigenvalue weighted by Crippen LogP contribution is 2.54. The first-order chi connectivity index (χ1) is 13.6. The van der Waals surface area contributed by atoms with Crippen molar-refractivity contribution >= 4 is 11.6 Å². The van der Waals surface area contributed by atoms with E-state index in [1.165, 1.54) is 11.1 Å². The minimum atomic E-state index is 0.0247. The summed E-state index contributed by atoms with van der Waals surface area (Å²) in [5, 5.41) is 4.95. The summed E-state index contributed by atoms with van der Waals surface area (Å²) in [5.41, 5.74) is 6.66. The molecular formula is C24H34N4O. The number of hydrogen-bond acceptors (Lipinski definition) is 3. The van der Waals surface area contributed by atoms with Crippen LogP contribution in [0.25, 0.3) is 5.65 Å². The van der Waals surface area contributed by atoms with Crippen LogP contribution in [0.15, 0.2) is 23.4 Å². The maximum atomic E-state index is 13.7. The topological polar surface area (TPSA) is 50.5 Å². The monoisotopic (exact) mass is 394 g/mol. The fourth-order valence-corrected chi connectivity index (χ4v) is 5.34. The van der Waals surface area contributed by atoms with E-state index in [1.807, 2.05) is 10.7 Å². The second-order valence-corrected chi connectivity index (χ2v) is 9.86. The third kappa shape index (κ3) is 2.92. The van der Waals surface area contributed by atoms with E-state index < -0.39 is 0 Å². The molecule has 0 unspecified atom stereocenters. The lowest BCUT2D eigenvalue weighted by Gasteiger charge is -2.33. The lowest BCUT2D eigenvalue weighted by molar-refractivity contribution is -0.131. The molecule has 4 rings (SSSR count). The van der Waals surface area contributed by atoms with Gasteiger partial charge in [-0.1, -0.05) is 47.1 Å². The largest absolute Gasteiger partial charge is 0.328 e. The molecule has 156 valence electrons. The number of carbonyl (C=O) groups excluding carboxylic acids is 1. The van der Waals surface area contributed by atoms with Crippen molar-refractivity contribution < 1.29 is 4.79 Å². The fraction of sp³-hybridized carbons (Fsp3) is 0.625. The normalized spacial score (nSPS) is 22.1. The summed E-state index contributed by atoms with van der Waals surface area (Å²) in [6, 6.07) is 2.22. The molecule has 2 atom stereocenters. The molecule has 0 spiro atoms.